The van der Waals surface area contributed by atoms with Gasteiger partial charge in [0.1, 0.15) is 0 Å². The average Bonchev–Trinajstić information content (AvgIpc) is 3.20. The Bertz CT molecular complexity index is 852. The van der Waals surface area contributed by atoms with E-state index in [1.165, 1.54) is 12.8 Å². The first-order chi connectivity index (χ1) is 13.1. The maximum atomic E-state index is 12.5. The van der Waals surface area contributed by atoms with Crippen molar-refractivity contribution >= 4 is 17.6 Å². The van der Waals surface area contributed by atoms with Gasteiger partial charge in [-0.3, -0.25) is 9.59 Å². The van der Waals surface area contributed by atoms with E-state index in [0.717, 1.165) is 24.3 Å². The summed E-state index contributed by atoms with van der Waals surface area (Å²) in [7, 11) is 1.37. The number of carbonyl (C=O) groups is 2. The van der Waals surface area contributed by atoms with Crippen LogP contribution in [0.25, 0.3) is 5.82 Å². The van der Waals surface area contributed by atoms with Crippen LogP contribution in [0.4, 0.5) is 5.69 Å². The van der Waals surface area contributed by atoms with Gasteiger partial charge in [0.15, 0.2) is 5.82 Å². The van der Waals surface area contributed by atoms with E-state index in [1.54, 1.807) is 6.20 Å². The molecule has 4 heterocycles. The number of nitrogens with zero attached hydrogens (tertiary/aromatic N) is 3. The second kappa shape index (κ2) is 7.06. The molecule has 1 N–H and O–H groups in total. The first kappa shape index (κ1) is 17.6. The van der Waals surface area contributed by atoms with E-state index in [4.69, 9.17) is 0 Å². The molecule has 0 atom stereocenters. The van der Waals surface area contributed by atoms with Crippen LogP contribution in [0.1, 0.15) is 37.8 Å². The fourth-order valence-electron chi connectivity index (χ4n) is 4.13. The molecule has 2 aromatic heterocycles. The van der Waals surface area contributed by atoms with Gasteiger partial charge >= 0.3 is 5.97 Å². The highest BCUT2D eigenvalue weighted by atomic mass is 16.5. The molecule has 2 aliphatic heterocycles. The van der Waals surface area contributed by atoms with Crippen molar-refractivity contribution in [3.05, 3.63) is 42.4 Å². The predicted octanol–water partition coefficient (Wildman–Crippen LogP) is 2.46. The minimum absolute atomic E-state index is 0.113. The van der Waals surface area contributed by atoms with E-state index in [1.807, 2.05) is 23.2 Å². The van der Waals surface area contributed by atoms with Crippen molar-refractivity contribution in [2.75, 3.05) is 25.5 Å². The summed E-state index contributed by atoms with van der Waals surface area (Å²) >= 11 is 0. The third-order valence-electron chi connectivity index (χ3n) is 5.60. The minimum Gasteiger partial charge on any atom is -0.469 e. The number of hydrogen-bond donors (Lipinski definition) is 1. The highest BCUT2D eigenvalue weighted by molar-refractivity contribution is 5.77. The van der Waals surface area contributed by atoms with Crippen molar-refractivity contribution in [3.8, 4) is 5.82 Å². The molecule has 0 saturated carbocycles. The zero-order valence-corrected chi connectivity index (χ0v) is 15.5. The molecular weight excluding hydrogens is 344 g/mol. The van der Waals surface area contributed by atoms with Crippen LogP contribution < -0.4 is 5.32 Å². The fourth-order valence-corrected chi connectivity index (χ4v) is 4.13. The normalized spacial score (nSPS) is 17.0. The lowest BCUT2D eigenvalue weighted by Crippen LogP contribution is -2.51. The van der Waals surface area contributed by atoms with Gasteiger partial charge in [0, 0.05) is 44.0 Å². The summed E-state index contributed by atoms with van der Waals surface area (Å²) in [6, 6.07) is 8.18. The highest BCUT2D eigenvalue weighted by Crippen LogP contribution is 2.42. The molecule has 0 aliphatic carbocycles. The zero-order chi connectivity index (χ0) is 18.9. The van der Waals surface area contributed by atoms with Gasteiger partial charge in [-0.15, -0.1) is 0 Å². The summed E-state index contributed by atoms with van der Waals surface area (Å²) in [5.74, 6) is 0.770. The van der Waals surface area contributed by atoms with Crippen molar-refractivity contribution in [3.63, 3.8) is 0 Å². The van der Waals surface area contributed by atoms with Crippen molar-refractivity contribution < 1.29 is 14.3 Å². The van der Waals surface area contributed by atoms with Crippen LogP contribution in [0.3, 0.4) is 0 Å². The van der Waals surface area contributed by atoms with Crippen molar-refractivity contribution in [2.24, 2.45) is 0 Å². The summed E-state index contributed by atoms with van der Waals surface area (Å²) in [6.07, 6.45) is 6.75. The first-order valence-corrected chi connectivity index (χ1v) is 9.39. The number of nitrogens with one attached hydrogen (secondary N) is 1. The van der Waals surface area contributed by atoms with E-state index >= 15 is 0 Å². The van der Waals surface area contributed by atoms with Gasteiger partial charge in [0.25, 0.3) is 0 Å². The van der Waals surface area contributed by atoms with Crippen molar-refractivity contribution in [2.45, 2.75) is 37.6 Å². The Morgan fingerprint density at radius 3 is 2.81 bits per heavy atom. The summed E-state index contributed by atoms with van der Waals surface area (Å²) in [6.45, 7) is 1.40. The Morgan fingerprint density at radius 2 is 2.04 bits per heavy atom. The summed E-state index contributed by atoms with van der Waals surface area (Å²) in [5.41, 5.74) is 2.05. The summed E-state index contributed by atoms with van der Waals surface area (Å²) in [4.78, 5) is 30.1. The molecule has 1 fully saturated rings. The van der Waals surface area contributed by atoms with E-state index in [9.17, 15) is 9.59 Å². The zero-order valence-electron chi connectivity index (χ0n) is 15.5. The molecule has 1 spiro atoms. The molecule has 0 radical (unpaired) electrons. The Labute approximate surface area is 158 Å². The lowest BCUT2D eigenvalue weighted by atomic mass is 9.82. The molecule has 7 heteroatoms. The number of amides is 1. The number of pyridine rings is 1. The van der Waals surface area contributed by atoms with Gasteiger partial charge < -0.3 is 19.5 Å². The molecule has 2 aromatic rings. The number of anilines is 1. The molecule has 1 amide bonds. The number of fused-ring (bicyclic) bond motifs is 4. The Balaban J connectivity index is 1.43. The number of carbonyl (C=O) groups excluding carboxylic acids is 2. The number of aromatic nitrogens is 2. The quantitative estimate of drug-likeness (QED) is 0.839. The number of esters is 1. The van der Waals surface area contributed by atoms with Gasteiger partial charge in [-0.25, -0.2) is 4.98 Å². The van der Waals surface area contributed by atoms with E-state index < -0.39 is 0 Å². The molecule has 0 unspecified atom stereocenters. The van der Waals surface area contributed by atoms with Crippen LogP contribution in [-0.2, 0) is 19.9 Å². The van der Waals surface area contributed by atoms with Gasteiger partial charge in [-0.1, -0.05) is 0 Å². The third kappa shape index (κ3) is 3.18. The molecule has 4 rings (SSSR count). The molecule has 142 valence electrons. The Hall–Kier alpha value is -2.83. The maximum absolute atomic E-state index is 12.5. The van der Waals surface area contributed by atoms with Crippen molar-refractivity contribution in [1.82, 2.24) is 14.5 Å². The summed E-state index contributed by atoms with van der Waals surface area (Å²) in [5, 5.41) is 3.70. The van der Waals surface area contributed by atoms with Crippen LogP contribution in [0.5, 0.6) is 0 Å². The van der Waals surface area contributed by atoms with E-state index in [0.29, 0.717) is 32.4 Å². The monoisotopic (exact) mass is 368 g/mol. The van der Waals surface area contributed by atoms with Crippen LogP contribution in [-0.4, -0.2) is 46.5 Å². The summed E-state index contributed by atoms with van der Waals surface area (Å²) < 4.78 is 6.78. The predicted molar refractivity (Wildman–Crippen MR) is 101 cm³/mol. The molecule has 2 aliphatic rings. The third-order valence-corrected chi connectivity index (χ3v) is 5.60. The van der Waals surface area contributed by atoms with Gasteiger partial charge in [0.2, 0.25) is 5.91 Å². The molecule has 1 saturated heterocycles. The molecule has 27 heavy (non-hydrogen) atoms. The molecular formula is C20H24N4O3. The molecule has 0 bridgehead atoms. The SMILES string of the molecule is COC(=O)CCCC(=O)N1CCC2(CC1)Nc1cccnc1-n1cccc12. The second-order valence-electron chi connectivity index (χ2n) is 7.16. The number of hydrogen-bond acceptors (Lipinski definition) is 5. The Kier molecular flexibility index (Phi) is 4.59. The number of piperidine rings is 1. The average molecular weight is 368 g/mol. The standard InChI is InChI=1S/C20H24N4O3/c1-27-18(26)8-2-7-17(25)23-13-9-20(10-14-23)16-6-4-12-24(16)19-15(22-20)5-3-11-21-19/h3-6,11-12,22H,2,7-10,13-14H2,1H3. The smallest absolute Gasteiger partial charge is 0.305 e. The fraction of sp³-hybridized carbons (Fsp3) is 0.450. The number of rotatable bonds is 4. The molecule has 7 nitrogen and oxygen atoms in total. The van der Waals surface area contributed by atoms with Crippen molar-refractivity contribution in [1.29, 1.82) is 0 Å². The lowest BCUT2D eigenvalue weighted by molar-refractivity contribution is -0.141. The van der Waals surface area contributed by atoms with Gasteiger partial charge in [0.05, 0.1) is 18.3 Å². The van der Waals surface area contributed by atoms with Crippen LogP contribution in [0.15, 0.2) is 36.7 Å². The number of ether oxygens (including phenoxy) is 1. The second-order valence-corrected chi connectivity index (χ2v) is 7.16. The van der Waals surface area contributed by atoms with Gasteiger partial charge in [-0.2, -0.15) is 0 Å². The molecule has 0 aromatic carbocycles. The van der Waals surface area contributed by atoms with Gasteiger partial charge in [-0.05, 0) is 43.5 Å². The maximum Gasteiger partial charge on any atom is 0.305 e. The first-order valence-electron chi connectivity index (χ1n) is 9.39. The van der Waals surface area contributed by atoms with E-state index in [2.05, 4.69) is 31.7 Å². The topological polar surface area (TPSA) is 76.5 Å². The number of likely N-dealkylation sites (tertiary alicyclic amines) is 1. The lowest BCUT2D eigenvalue weighted by Gasteiger charge is -2.46. The minimum atomic E-state index is -0.264. The number of methoxy groups -OCH3 is 1. The highest BCUT2D eigenvalue weighted by Gasteiger charge is 2.42. The van der Waals surface area contributed by atoms with Crippen LogP contribution in [0.2, 0.25) is 0 Å². The largest absolute Gasteiger partial charge is 0.469 e. The van der Waals surface area contributed by atoms with Crippen LogP contribution in [0, 0.1) is 0 Å². The Morgan fingerprint density at radius 1 is 1.22 bits per heavy atom. The van der Waals surface area contributed by atoms with Crippen LogP contribution >= 0.6 is 0 Å². The van der Waals surface area contributed by atoms with E-state index in [-0.39, 0.29) is 17.4 Å².